The van der Waals surface area contributed by atoms with Gasteiger partial charge in [0.2, 0.25) is 0 Å². The van der Waals surface area contributed by atoms with Gasteiger partial charge in [0.1, 0.15) is 0 Å². The van der Waals surface area contributed by atoms with Crippen LogP contribution in [-0.2, 0) is 5.54 Å². The van der Waals surface area contributed by atoms with Gasteiger partial charge in [0.05, 0.1) is 5.54 Å². The van der Waals surface area contributed by atoms with Gasteiger partial charge < -0.3 is 0 Å². The fourth-order valence-corrected chi connectivity index (χ4v) is 4.71. The van der Waals surface area contributed by atoms with Crippen LogP contribution in [0.3, 0.4) is 0 Å². The van der Waals surface area contributed by atoms with Crippen molar-refractivity contribution >= 4 is 0 Å². The first-order valence-corrected chi connectivity index (χ1v) is 7.81. The quantitative estimate of drug-likeness (QED) is 0.722. The molecule has 0 N–H and O–H groups in total. The van der Waals surface area contributed by atoms with E-state index in [1.54, 1.807) is 5.56 Å². The molecule has 1 nitrogen and oxygen atoms in total. The first-order valence-electron chi connectivity index (χ1n) is 7.81. The van der Waals surface area contributed by atoms with Gasteiger partial charge in [0.15, 0.2) is 0 Å². The normalized spacial score (nSPS) is 39.6. The van der Waals surface area contributed by atoms with E-state index < -0.39 is 0 Å². The molecule has 2 aliphatic rings. The second-order valence-corrected chi connectivity index (χ2v) is 6.93. The Morgan fingerprint density at radius 1 is 1.21 bits per heavy atom. The van der Waals surface area contributed by atoms with E-state index in [0.29, 0.717) is 11.1 Å². The maximum absolute atomic E-state index is 2.68. The van der Waals surface area contributed by atoms with Crippen molar-refractivity contribution in [3.05, 3.63) is 34.9 Å². The van der Waals surface area contributed by atoms with Gasteiger partial charge in [-0.25, -0.2) is 0 Å². The summed E-state index contributed by atoms with van der Waals surface area (Å²) in [5.74, 6) is 0.871. The first kappa shape index (κ1) is 13.2. The Kier molecular flexibility index (Phi) is 2.83. The Bertz CT molecular complexity index is 486. The molecule has 3 rings (SSSR count). The van der Waals surface area contributed by atoms with E-state index in [0.717, 1.165) is 5.92 Å². The largest absolute Gasteiger partial charge is 0.287 e. The van der Waals surface area contributed by atoms with Gasteiger partial charge in [-0.3, -0.25) is 4.90 Å². The van der Waals surface area contributed by atoms with Gasteiger partial charge in [-0.15, -0.1) is 0 Å². The van der Waals surface area contributed by atoms with Crippen LogP contribution in [0.2, 0.25) is 0 Å². The maximum Gasteiger partial charge on any atom is 0.0652 e. The summed E-state index contributed by atoms with van der Waals surface area (Å²) >= 11 is 0. The molecule has 1 spiro atoms. The fraction of sp³-hybridized carbons (Fsp3) is 0.667. The summed E-state index contributed by atoms with van der Waals surface area (Å²) in [6.45, 7) is 9.19. The molecule has 1 saturated heterocycles. The molecule has 2 fully saturated rings. The monoisotopic (exact) mass is 257 g/mol. The molecule has 1 heterocycles. The molecule has 1 aromatic carbocycles. The molecular formula is C18H27N. The molecule has 4 atom stereocenters. The Labute approximate surface area is 118 Å². The Morgan fingerprint density at radius 3 is 2.21 bits per heavy atom. The van der Waals surface area contributed by atoms with Crippen LogP contribution in [0.4, 0.5) is 0 Å². The van der Waals surface area contributed by atoms with Gasteiger partial charge >= 0.3 is 0 Å². The summed E-state index contributed by atoms with van der Waals surface area (Å²) < 4.78 is 0. The topological polar surface area (TPSA) is 3.01 Å². The lowest BCUT2D eigenvalue weighted by Crippen LogP contribution is -2.17. The molecule has 0 bridgehead atoms. The van der Waals surface area contributed by atoms with Gasteiger partial charge in [0.25, 0.3) is 0 Å². The summed E-state index contributed by atoms with van der Waals surface area (Å²) in [6.07, 6.45) is 5.35. The molecule has 0 radical (unpaired) electrons. The highest BCUT2D eigenvalue weighted by Crippen LogP contribution is 2.75. The third-order valence-corrected chi connectivity index (χ3v) is 5.70. The molecule has 1 saturated carbocycles. The van der Waals surface area contributed by atoms with Crippen LogP contribution >= 0.6 is 0 Å². The number of rotatable bonds is 4. The minimum Gasteiger partial charge on any atom is -0.287 e. The average Bonchev–Trinajstić information content (AvgIpc) is 3.14. The van der Waals surface area contributed by atoms with E-state index in [1.165, 1.54) is 36.8 Å². The highest BCUT2D eigenvalue weighted by molar-refractivity contribution is 5.49. The predicted molar refractivity (Wildman–Crippen MR) is 81.4 cm³/mol. The van der Waals surface area contributed by atoms with Crippen LogP contribution < -0.4 is 0 Å². The minimum absolute atomic E-state index is 0.346. The second-order valence-electron chi connectivity index (χ2n) is 6.93. The van der Waals surface area contributed by atoms with Crippen LogP contribution in [0.5, 0.6) is 0 Å². The lowest BCUT2D eigenvalue weighted by Gasteiger charge is -2.19. The van der Waals surface area contributed by atoms with Crippen LogP contribution in [0.15, 0.2) is 18.2 Å². The second kappa shape index (κ2) is 4.09. The van der Waals surface area contributed by atoms with Crippen molar-refractivity contribution in [1.82, 2.24) is 4.90 Å². The van der Waals surface area contributed by atoms with Crippen LogP contribution in [0.25, 0.3) is 0 Å². The number of hydrogen-bond donors (Lipinski definition) is 0. The molecule has 19 heavy (non-hydrogen) atoms. The summed E-state index contributed by atoms with van der Waals surface area (Å²) in [4.78, 5) is 2.68. The summed E-state index contributed by atoms with van der Waals surface area (Å²) in [5, 5.41) is 0. The number of nitrogens with zero attached hydrogens (tertiary/aromatic N) is 1. The van der Waals surface area contributed by atoms with Crippen LogP contribution in [0.1, 0.15) is 56.2 Å². The van der Waals surface area contributed by atoms with E-state index in [4.69, 9.17) is 0 Å². The first-order chi connectivity index (χ1) is 8.99. The molecule has 104 valence electrons. The lowest BCUT2D eigenvalue weighted by molar-refractivity contribution is 0.434. The van der Waals surface area contributed by atoms with E-state index in [9.17, 15) is 0 Å². The Hall–Kier alpha value is -0.820. The van der Waals surface area contributed by atoms with Crippen molar-refractivity contribution in [1.29, 1.82) is 0 Å². The van der Waals surface area contributed by atoms with Crippen molar-refractivity contribution in [2.75, 3.05) is 7.05 Å². The number of likely N-dealkylation sites (N-methyl/N-ethyl adjacent to an activating group) is 1. The van der Waals surface area contributed by atoms with Crippen molar-refractivity contribution < 1.29 is 0 Å². The average molecular weight is 257 g/mol. The molecule has 1 aliphatic heterocycles. The predicted octanol–water partition coefficient (Wildman–Crippen LogP) is 4.41. The van der Waals surface area contributed by atoms with E-state index in [1.807, 2.05) is 0 Å². The molecule has 0 aromatic heterocycles. The zero-order chi connectivity index (χ0) is 13.8. The standard InChI is InChI=1S/C18H27N/c1-6-7-8-17(18(19(17)5)12-15(18)4)16-10-13(2)9-14(3)11-16/h9-11,15H,6-8,12H2,1-5H3. The zero-order valence-corrected chi connectivity index (χ0v) is 13.1. The molecule has 1 aliphatic carbocycles. The summed E-state index contributed by atoms with van der Waals surface area (Å²) in [7, 11) is 2.34. The zero-order valence-electron chi connectivity index (χ0n) is 13.1. The van der Waals surface area contributed by atoms with Crippen molar-refractivity contribution in [3.8, 4) is 0 Å². The van der Waals surface area contributed by atoms with Crippen molar-refractivity contribution in [2.24, 2.45) is 5.92 Å². The van der Waals surface area contributed by atoms with Gasteiger partial charge in [-0.2, -0.15) is 0 Å². The van der Waals surface area contributed by atoms with Gasteiger partial charge in [-0.1, -0.05) is 56.0 Å². The van der Waals surface area contributed by atoms with Crippen LogP contribution in [0, 0.1) is 19.8 Å². The number of unbranched alkanes of at least 4 members (excludes halogenated alkanes) is 1. The SMILES string of the molecule is CCCCC1(c2cc(C)cc(C)c2)N(C)C12CC2C. The van der Waals surface area contributed by atoms with E-state index in [-0.39, 0.29) is 0 Å². The Balaban J connectivity index is 2.02. The number of benzene rings is 1. The number of hydrogen-bond acceptors (Lipinski definition) is 1. The fourth-order valence-electron chi connectivity index (χ4n) is 4.71. The van der Waals surface area contributed by atoms with Crippen molar-refractivity contribution in [2.45, 2.75) is 64.5 Å². The van der Waals surface area contributed by atoms with Gasteiger partial charge in [-0.05, 0) is 45.2 Å². The van der Waals surface area contributed by atoms with Gasteiger partial charge in [0, 0.05) is 5.54 Å². The van der Waals surface area contributed by atoms with E-state index in [2.05, 4.69) is 57.8 Å². The summed E-state index contributed by atoms with van der Waals surface area (Å²) in [5.41, 5.74) is 5.25. The third kappa shape index (κ3) is 1.57. The molecular weight excluding hydrogens is 230 g/mol. The van der Waals surface area contributed by atoms with Crippen molar-refractivity contribution in [3.63, 3.8) is 0 Å². The molecule has 1 heteroatoms. The highest BCUT2D eigenvalue weighted by Gasteiger charge is 2.82. The lowest BCUT2D eigenvalue weighted by atomic mass is 9.86. The minimum atomic E-state index is 0.346. The molecule has 4 unspecified atom stereocenters. The molecule has 0 amide bonds. The highest BCUT2D eigenvalue weighted by atomic mass is 15.5. The Morgan fingerprint density at radius 2 is 1.79 bits per heavy atom. The van der Waals surface area contributed by atoms with E-state index >= 15 is 0 Å². The molecule has 1 aromatic rings. The maximum atomic E-state index is 2.68. The summed E-state index contributed by atoms with van der Waals surface area (Å²) in [6, 6.07) is 7.15. The number of aryl methyl sites for hydroxylation is 2. The smallest absolute Gasteiger partial charge is 0.0652 e. The third-order valence-electron chi connectivity index (χ3n) is 5.70. The van der Waals surface area contributed by atoms with Crippen LogP contribution in [-0.4, -0.2) is 17.5 Å².